The summed E-state index contributed by atoms with van der Waals surface area (Å²) in [5.41, 5.74) is 1.92. The second kappa shape index (κ2) is 10.5. The molecule has 1 amide bonds. The Kier molecular flexibility index (Phi) is 7.48. The van der Waals surface area contributed by atoms with Gasteiger partial charge < -0.3 is 24.1 Å². The lowest BCUT2D eigenvalue weighted by Crippen LogP contribution is -2.14. The van der Waals surface area contributed by atoms with Gasteiger partial charge in [-0.15, -0.1) is 0 Å². The van der Waals surface area contributed by atoms with E-state index in [4.69, 9.17) is 18.7 Å². The monoisotopic (exact) mass is 425 g/mol. The number of rotatable bonds is 10. The first kappa shape index (κ1) is 22.1. The first-order valence-corrected chi connectivity index (χ1v) is 10.3. The van der Waals surface area contributed by atoms with Crippen LogP contribution in [0.1, 0.15) is 48.4 Å². The van der Waals surface area contributed by atoms with Gasteiger partial charge in [-0.2, -0.15) is 4.98 Å². The SMILES string of the molecule is CCOc1cc(C(=O)Nc2ccccc2Cc2nc(C)no2)cc(OCC)c1OCC. The Balaban J connectivity index is 1.89. The molecule has 0 aliphatic carbocycles. The summed E-state index contributed by atoms with van der Waals surface area (Å²) in [6.07, 6.45) is 0.412. The predicted molar refractivity (Wildman–Crippen MR) is 116 cm³/mol. The van der Waals surface area contributed by atoms with E-state index in [0.29, 0.717) is 66.5 Å². The molecule has 2 aromatic carbocycles. The third-order valence-electron chi connectivity index (χ3n) is 4.35. The fraction of sp³-hybridized carbons (Fsp3) is 0.348. The first-order chi connectivity index (χ1) is 15.0. The number of aryl methyl sites for hydroxylation is 1. The van der Waals surface area contributed by atoms with E-state index in [1.54, 1.807) is 19.1 Å². The average Bonchev–Trinajstić information content (AvgIpc) is 3.16. The molecule has 0 atom stereocenters. The van der Waals surface area contributed by atoms with Crippen molar-refractivity contribution >= 4 is 11.6 Å². The summed E-state index contributed by atoms with van der Waals surface area (Å²) < 4.78 is 22.3. The molecule has 1 N–H and O–H groups in total. The maximum Gasteiger partial charge on any atom is 0.255 e. The van der Waals surface area contributed by atoms with Crippen LogP contribution in [0.4, 0.5) is 5.69 Å². The molecule has 1 heterocycles. The van der Waals surface area contributed by atoms with Gasteiger partial charge in [-0.05, 0) is 51.5 Å². The molecular formula is C23H27N3O5. The number of carbonyl (C=O) groups excluding carboxylic acids is 1. The van der Waals surface area contributed by atoms with Gasteiger partial charge in [-0.3, -0.25) is 4.79 Å². The third kappa shape index (κ3) is 5.53. The van der Waals surface area contributed by atoms with E-state index in [1.165, 1.54) is 0 Å². The van der Waals surface area contributed by atoms with E-state index >= 15 is 0 Å². The maximum absolute atomic E-state index is 13.1. The molecule has 164 valence electrons. The summed E-state index contributed by atoms with van der Waals surface area (Å²) in [6, 6.07) is 10.8. The molecule has 31 heavy (non-hydrogen) atoms. The predicted octanol–water partition coefficient (Wildman–Crippen LogP) is 4.42. The van der Waals surface area contributed by atoms with Crippen LogP contribution in [0.15, 0.2) is 40.9 Å². The summed E-state index contributed by atoms with van der Waals surface area (Å²) in [5, 5.41) is 6.78. The van der Waals surface area contributed by atoms with Crippen LogP contribution in [0.2, 0.25) is 0 Å². The molecule has 8 nitrogen and oxygen atoms in total. The van der Waals surface area contributed by atoms with Crippen molar-refractivity contribution in [3.63, 3.8) is 0 Å². The topological polar surface area (TPSA) is 95.7 Å². The summed E-state index contributed by atoms with van der Waals surface area (Å²) in [6.45, 7) is 8.71. The fourth-order valence-electron chi connectivity index (χ4n) is 3.09. The van der Waals surface area contributed by atoms with Crippen LogP contribution in [0.5, 0.6) is 17.2 Å². The highest BCUT2D eigenvalue weighted by molar-refractivity contribution is 6.05. The van der Waals surface area contributed by atoms with Gasteiger partial charge in [0, 0.05) is 11.3 Å². The highest BCUT2D eigenvalue weighted by atomic mass is 16.5. The number of nitrogens with one attached hydrogen (secondary N) is 1. The normalized spacial score (nSPS) is 10.6. The number of benzene rings is 2. The minimum atomic E-state index is -0.292. The molecule has 0 aliphatic heterocycles. The molecule has 0 aliphatic rings. The molecule has 1 aromatic heterocycles. The fourth-order valence-corrected chi connectivity index (χ4v) is 3.09. The van der Waals surface area contributed by atoms with Crippen LogP contribution in [0.25, 0.3) is 0 Å². The number of hydrogen-bond acceptors (Lipinski definition) is 7. The summed E-state index contributed by atoms with van der Waals surface area (Å²) in [4.78, 5) is 17.3. The van der Waals surface area contributed by atoms with Crippen LogP contribution in [0, 0.1) is 6.92 Å². The van der Waals surface area contributed by atoms with Crippen molar-refractivity contribution in [2.75, 3.05) is 25.1 Å². The van der Waals surface area contributed by atoms with Crippen LogP contribution in [-0.2, 0) is 6.42 Å². The Morgan fingerprint density at radius 2 is 1.65 bits per heavy atom. The second-order valence-corrected chi connectivity index (χ2v) is 6.62. The van der Waals surface area contributed by atoms with Gasteiger partial charge in [0.1, 0.15) is 0 Å². The number of amides is 1. The van der Waals surface area contributed by atoms with Crippen LogP contribution < -0.4 is 19.5 Å². The lowest BCUT2D eigenvalue weighted by Gasteiger charge is -2.17. The Labute approximate surface area is 181 Å². The lowest BCUT2D eigenvalue weighted by atomic mass is 10.1. The zero-order valence-electron chi connectivity index (χ0n) is 18.2. The van der Waals surface area contributed by atoms with Gasteiger partial charge in [0.05, 0.1) is 26.2 Å². The van der Waals surface area contributed by atoms with Crippen molar-refractivity contribution in [3.05, 3.63) is 59.2 Å². The van der Waals surface area contributed by atoms with Crippen molar-refractivity contribution in [1.29, 1.82) is 0 Å². The van der Waals surface area contributed by atoms with Gasteiger partial charge in [0.2, 0.25) is 11.6 Å². The molecule has 8 heteroatoms. The second-order valence-electron chi connectivity index (χ2n) is 6.62. The summed E-state index contributed by atoms with van der Waals surface area (Å²) in [7, 11) is 0. The molecule has 3 rings (SSSR count). The Bertz CT molecular complexity index is 1000. The van der Waals surface area contributed by atoms with Crippen molar-refractivity contribution in [2.24, 2.45) is 0 Å². The smallest absolute Gasteiger partial charge is 0.255 e. The minimum Gasteiger partial charge on any atom is -0.490 e. The van der Waals surface area contributed by atoms with Gasteiger partial charge in [-0.25, -0.2) is 0 Å². The van der Waals surface area contributed by atoms with Crippen LogP contribution in [-0.4, -0.2) is 35.9 Å². The number of para-hydroxylation sites is 1. The maximum atomic E-state index is 13.1. The van der Waals surface area contributed by atoms with E-state index in [0.717, 1.165) is 5.56 Å². The van der Waals surface area contributed by atoms with Gasteiger partial charge >= 0.3 is 0 Å². The highest BCUT2D eigenvalue weighted by Crippen LogP contribution is 2.39. The van der Waals surface area contributed by atoms with E-state index in [-0.39, 0.29) is 5.91 Å². The molecular weight excluding hydrogens is 398 g/mol. The van der Waals surface area contributed by atoms with E-state index in [9.17, 15) is 4.79 Å². The molecule has 0 fully saturated rings. The Morgan fingerprint density at radius 3 is 2.23 bits per heavy atom. The Morgan fingerprint density at radius 1 is 1.00 bits per heavy atom. The first-order valence-electron chi connectivity index (χ1n) is 10.3. The number of anilines is 1. The van der Waals surface area contributed by atoms with E-state index in [1.807, 2.05) is 45.0 Å². The van der Waals surface area contributed by atoms with Crippen molar-refractivity contribution in [1.82, 2.24) is 10.1 Å². The molecule has 0 bridgehead atoms. The molecule has 0 radical (unpaired) electrons. The zero-order valence-corrected chi connectivity index (χ0v) is 18.2. The zero-order chi connectivity index (χ0) is 22.2. The van der Waals surface area contributed by atoms with Crippen molar-refractivity contribution in [2.45, 2.75) is 34.1 Å². The van der Waals surface area contributed by atoms with Gasteiger partial charge in [-0.1, -0.05) is 23.4 Å². The summed E-state index contributed by atoms with van der Waals surface area (Å²) >= 11 is 0. The Hall–Kier alpha value is -3.55. The largest absolute Gasteiger partial charge is 0.490 e. The number of hydrogen-bond donors (Lipinski definition) is 1. The summed E-state index contributed by atoms with van der Waals surface area (Å²) in [5.74, 6) is 2.19. The number of aromatic nitrogens is 2. The van der Waals surface area contributed by atoms with Crippen molar-refractivity contribution < 1.29 is 23.5 Å². The number of carbonyl (C=O) groups is 1. The molecule has 0 saturated heterocycles. The van der Waals surface area contributed by atoms with Crippen molar-refractivity contribution in [3.8, 4) is 17.2 Å². The van der Waals surface area contributed by atoms with E-state index in [2.05, 4.69) is 15.5 Å². The molecule has 0 saturated carbocycles. The van der Waals surface area contributed by atoms with Gasteiger partial charge in [0.15, 0.2) is 17.3 Å². The average molecular weight is 425 g/mol. The quantitative estimate of drug-likeness (QED) is 0.514. The van der Waals surface area contributed by atoms with Crippen LogP contribution in [0.3, 0.4) is 0 Å². The molecule has 3 aromatic rings. The van der Waals surface area contributed by atoms with E-state index < -0.39 is 0 Å². The molecule has 0 unspecified atom stereocenters. The number of nitrogens with zero attached hydrogens (tertiary/aromatic N) is 2. The highest BCUT2D eigenvalue weighted by Gasteiger charge is 2.19. The molecule has 0 spiro atoms. The van der Waals surface area contributed by atoms with Crippen LogP contribution >= 0.6 is 0 Å². The number of ether oxygens (including phenoxy) is 3. The van der Waals surface area contributed by atoms with Gasteiger partial charge in [0.25, 0.3) is 5.91 Å². The minimum absolute atomic E-state index is 0.292. The lowest BCUT2D eigenvalue weighted by molar-refractivity contribution is 0.102. The third-order valence-corrected chi connectivity index (χ3v) is 4.35. The standard InChI is InChI=1S/C23H27N3O5/c1-5-28-19-12-17(13-20(29-6-2)22(19)30-7-3)23(27)25-18-11-9-8-10-16(18)14-21-24-15(4)26-31-21/h8-13H,5-7,14H2,1-4H3,(H,25,27).